The molecule has 6 nitrogen and oxygen atoms in total. The van der Waals surface area contributed by atoms with Crippen molar-refractivity contribution in [2.24, 2.45) is 0 Å². The fraction of sp³-hybridized carbons (Fsp3) is 0.353. The smallest absolute Gasteiger partial charge is 0.250 e. The Labute approximate surface area is 165 Å². The number of carbonyl (C=O) groups excluding carboxylic acids is 1. The lowest BCUT2D eigenvalue weighted by Crippen LogP contribution is -2.46. The van der Waals surface area contributed by atoms with Gasteiger partial charge in [0.25, 0.3) is 0 Å². The number of nitrogens with zero attached hydrogens (tertiary/aromatic N) is 1. The van der Waals surface area contributed by atoms with Gasteiger partial charge in [-0.05, 0) is 48.6 Å². The highest BCUT2D eigenvalue weighted by atomic mass is 79.9. The molecule has 1 amide bonds. The molecule has 0 bridgehead atoms. The van der Waals surface area contributed by atoms with E-state index in [-0.39, 0.29) is 11.9 Å². The molecule has 0 saturated carbocycles. The van der Waals surface area contributed by atoms with Crippen molar-refractivity contribution < 1.29 is 13.2 Å². The van der Waals surface area contributed by atoms with Gasteiger partial charge in [-0.1, -0.05) is 22.0 Å². The molecule has 1 aliphatic rings. The van der Waals surface area contributed by atoms with E-state index in [1.54, 1.807) is 17.5 Å². The first-order valence-corrected chi connectivity index (χ1v) is 11.4. The Morgan fingerprint density at radius 3 is 2.50 bits per heavy atom. The van der Waals surface area contributed by atoms with Gasteiger partial charge < -0.3 is 5.32 Å². The van der Waals surface area contributed by atoms with Crippen molar-refractivity contribution in [3.05, 3.63) is 46.3 Å². The van der Waals surface area contributed by atoms with Gasteiger partial charge in [0.2, 0.25) is 15.9 Å². The van der Waals surface area contributed by atoms with E-state index < -0.39 is 10.0 Å². The molecule has 9 heteroatoms. The van der Waals surface area contributed by atoms with Gasteiger partial charge in [0, 0.05) is 29.3 Å². The molecular weight excluding hydrogens is 438 g/mol. The monoisotopic (exact) mass is 457 g/mol. The number of halogens is 1. The van der Waals surface area contributed by atoms with Crippen molar-refractivity contribution in [1.82, 2.24) is 9.62 Å². The molecule has 0 spiro atoms. The Kier molecular flexibility index (Phi) is 6.46. The molecule has 0 radical (unpaired) electrons. The molecule has 2 heterocycles. The average Bonchev–Trinajstić information content (AvgIpc) is 3.14. The maximum Gasteiger partial charge on any atom is 0.250 e. The van der Waals surface area contributed by atoms with Crippen LogP contribution in [-0.2, 0) is 14.8 Å². The lowest BCUT2D eigenvalue weighted by Gasteiger charge is -2.31. The Morgan fingerprint density at radius 1 is 1.19 bits per heavy atom. The number of hydrogen-bond donors (Lipinski definition) is 2. The van der Waals surface area contributed by atoms with Crippen molar-refractivity contribution in [3.8, 4) is 0 Å². The maximum atomic E-state index is 12.3. The summed E-state index contributed by atoms with van der Waals surface area (Å²) in [6, 6.07) is 10.7. The number of benzene rings is 1. The molecule has 1 aromatic carbocycles. The lowest BCUT2D eigenvalue weighted by molar-refractivity contribution is -0.117. The predicted molar refractivity (Wildman–Crippen MR) is 107 cm³/mol. The second-order valence-corrected chi connectivity index (χ2v) is 9.96. The van der Waals surface area contributed by atoms with Crippen LogP contribution >= 0.6 is 27.3 Å². The van der Waals surface area contributed by atoms with Crippen LogP contribution in [0.25, 0.3) is 0 Å². The molecule has 0 unspecified atom stereocenters. The summed E-state index contributed by atoms with van der Waals surface area (Å²) < 4.78 is 28.6. The molecule has 0 aliphatic carbocycles. The highest BCUT2D eigenvalue weighted by Crippen LogP contribution is 2.19. The SMILES string of the molecule is O=C(CN1CCC(NS(=O)(=O)c2cccs2)CC1)Nc1ccc(Br)cc1. The molecule has 3 rings (SSSR count). The third-order valence-corrected chi connectivity index (χ3v) is 7.61. The Hall–Kier alpha value is -1.26. The van der Waals surface area contributed by atoms with Crippen LogP contribution in [0.1, 0.15) is 12.8 Å². The number of nitrogens with one attached hydrogen (secondary N) is 2. The molecule has 140 valence electrons. The molecule has 2 aromatic rings. The quantitative estimate of drug-likeness (QED) is 0.698. The summed E-state index contributed by atoms with van der Waals surface area (Å²) in [5, 5.41) is 4.62. The number of hydrogen-bond acceptors (Lipinski definition) is 5. The van der Waals surface area contributed by atoms with Gasteiger partial charge in [-0.2, -0.15) is 0 Å². The average molecular weight is 458 g/mol. The topological polar surface area (TPSA) is 78.5 Å². The first-order valence-electron chi connectivity index (χ1n) is 8.26. The van der Waals surface area contributed by atoms with Gasteiger partial charge in [0.05, 0.1) is 6.54 Å². The molecular formula is C17H20BrN3O3S2. The highest BCUT2D eigenvalue weighted by Gasteiger charge is 2.25. The van der Waals surface area contributed by atoms with E-state index in [1.165, 1.54) is 11.3 Å². The number of sulfonamides is 1. The van der Waals surface area contributed by atoms with Gasteiger partial charge in [-0.25, -0.2) is 13.1 Å². The van der Waals surface area contributed by atoms with Gasteiger partial charge in [0.1, 0.15) is 4.21 Å². The summed E-state index contributed by atoms with van der Waals surface area (Å²) in [6.45, 7) is 1.68. The molecule has 1 fully saturated rings. The van der Waals surface area contributed by atoms with Crippen molar-refractivity contribution in [1.29, 1.82) is 0 Å². The normalized spacial score (nSPS) is 16.5. The summed E-state index contributed by atoms with van der Waals surface area (Å²) in [5.41, 5.74) is 0.761. The third kappa shape index (κ3) is 5.37. The number of piperidine rings is 1. The summed E-state index contributed by atoms with van der Waals surface area (Å²) in [4.78, 5) is 14.2. The largest absolute Gasteiger partial charge is 0.325 e. The number of rotatable bonds is 6. The van der Waals surface area contributed by atoms with E-state index in [2.05, 4.69) is 26.0 Å². The van der Waals surface area contributed by atoms with Gasteiger partial charge in [-0.3, -0.25) is 9.69 Å². The van der Waals surface area contributed by atoms with Crippen LogP contribution < -0.4 is 10.0 Å². The molecule has 0 atom stereocenters. The molecule has 1 aromatic heterocycles. The van der Waals surface area contributed by atoms with Gasteiger partial charge in [-0.15, -0.1) is 11.3 Å². The molecule has 1 saturated heterocycles. The minimum absolute atomic E-state index is 0.0649. The van der Waals surface area contributed by atoms with Crippen LogP contribution in [0.3, 0.4) is 0 Å². The lowest BCUT2D eigenvalue weighted by atomic mass is 10.1. The van der Waals surface area contributed by atoms with E-state index in [0.717, 1.165) is 10.2 Å². The van der Waals surface area contributed by atoms with Crippen LogP contribution in [0.2, 0.25) is 0 Å². The van der Waals surface area contributed by atoms with Crippen molar-refractivity contribution >= 4 is 48.9 Å². The predicted octanol–water partition coefficient (Wildman–Crippen LogP) is 2.89. The minimum atomic E-state index is -3.43. The number of likely N-dealkylation sites (tertiary alicyclic amines) is 1. The highest BCUT2D eigenvalue weighted by molar-refractivity contribution is 9.10. The fourth-order valence-electron chi connectivity index (χ4n) is 2.84. The number of carbonyl (C=O) groups is 1. The van der Waals surface area contributed by atoms with E-state index in [0.29, 0.717) is 36.7 Å². The van der Waals surface area contributed by atoms with Crippen LogP contribution in [0, 0.1) is 0 Å². The van der Waals surface area contributed by atoms with E-state index in [9.17, 15) is 13.2 Å². The summed E-state index contributed by atoms with van der Waals surface area (Å²) >= 11 is 4.57. The van der Waals surface area contributed by atoms with Crippen molar-refractivity contribution in [3.63, 3.8) is 0 Å². The third-order valence-electron chi connectivity index (χ3n) is 4.16. The standard InChI is InChI=1S/C17H20BrN3O3S2/c18-13-3-5-14(6-4-13)19-16(22)12-21-9-7-15(8-10-21)20-26(23,24)17-2-1-11-25-17/h1-6,11,15,20H,7-10,12H2,(H,19,22). The Bertz CT molecular complexity index is 831. The zero-order valence-electron chi connectivity index (χ0n) is 14.0. The number of anilines is 1. The minimum Gasteiger partial charge on any atom is -0.325 e. The van der Waals surface area contributed by atoms with Crippen molar-refractivity contribution in [2.45, 2.75) is 23.1 Å². The Balaban J connectivity index is 1.45. The zero-order valence-corrected chi connectivity index (χ0v) is 17.2. The van der Waals surface area contributed by atoms with E-state index in [1.807, 2.05) is 29.2 Å². The fourth-order valence-corrected chi connectivity index (χ4v) is 5.42. The van der Waals surface area contributed by atoms with Gasteiger partial charge >= 0.3 is 0 Å². The molecule has 26 heavy (non-hydrogen) atoms. The summed E-state index contributed by atoms with van der Waals surface area (Å²) in [7, 11) is -3.43. The van der Waals surface area contributed by atoms with E-state index in [4.69, 9.17) is 0 Å². The Morgan fingerprint density at radius 2 is 1.88 bits per heavy atom. The zero-order chi connectivity index (χ0) is 18.6. The van der Waals surface area contributed by atoms with Crippen molar-refractivity contribution in [2.75, 3.05) is 25.0 Å². The first-order chi connectivity index (χ1) is 12.4. The maximum absolute atomic E-state index is 12.3. The number of thiophene rings is 1. The van der Waals surface area contributed by atoms with E-state index >= 15 is 0 Å². The summed E-state index contributed by atoms with van der Waals surface area (Å²) in [5.74, 6) is -0.0649. The second kappa shape index (κ2) is 8.62. The van der Waals surface area contributed by atoms with Crippen LogP contribution in [0.15, 0.2) is 50.5 Å². The molecule has 1 aliphatic heterocycles. The second-order valence-electron chi connectivity index (χ2n) is 6.16. The van der Waals surface area contributed by atoms with Crippen LogP contribution in [0.4, 0.5) is 5.69 Å². The van der Waals surface area contributed by atoms with Gasteiger partial charge in [0.15, 0.2) is 0 Å². The first kappa shape index (κ1) is 19.5. The van der Waals surface area contributed by atoms with Crippen LogP contribution in [-0.4, -0.2) is 44.9 Å². The number of amides is 1. The van der Waals surface area contributed by atoms with Crippen LogP contribution in [0.5, 0.6) is 0 Å². The molecule has 2 N–H and O–H groups in total. The summed E-state index contributed by atoms with van der Waals surface area (Å²) in [6.07, 6.45) is 1.38.